The molecule has 0 saturated carbocycles. The molecular weight excluding hydrogens is 299 g/mol. The molecule has 0 saturated heterocycles. The third-order valence-corrected chi connectivity index (χ3v) is 3.05. The fourth-order valence-corrected chi connectivity index (χ4v) is 1.95. The van der Waals surface area contributed by atoms with Crippen LogP contribution >= 0.6 is 11.6 Å². The Morgan fingerprint density at radius 2 is 2.05 bits per heavy atom. The highest BCUT2D eigenvalue weighted by Gasteiger charge is 2.16. The van der Waals surface area contributed by atoms with Crippen molar-refractivity contribution in [1.82, 2.24) is 4.98 Å². The Kier molecular flexibility index (Phi) is 4.49. The van der Waals surface area contributed by atoms with Crippen molar-refractivity contribution in [3.63, 3.8) is 0 Å². The van der Waals surface area contributed by atoms with Crippen LogP contribution in [0.5, 0.6) is 0 Å². The number of halogens is 2. The Balaban J connectivity index is 2.18. The summed E-state index contributed by atoms with van der Waals surface area (Å²) in [7, 11) is 0. The number of carboxylic acid groups (broad SMARTS) is 1. The van der Waals surface area contributed by atoms with Crippen molar-refractivity contribution < 1.29 is 19.1 Å². The summed E-state index contributed by atoms with van der Waals surface area (Å²) >= 11 is 5.83. The standard InChI is InChI=1S/C14H10ClFN2O3/c15-10-4-1-5-11(16)9(10)7-12(19)18-13-8(14(20)21)3-2-6-17-13/h1-6H,7H2,(H,20,21)(H,17,18,19). The number of hydrogen-bond acceptors (Lipinski definition) is 3. The molecule has 7 heteroatoms. The van der Waals surface area contributed by atoms with Gasteiger partial charge in [-0.25, -0.2) is 14.2 Å². The number of nitrogens with zero attached hydrogens (tertiary/aromatic N) is 1. The maximum atomic E-state index is 13.6. The Labute approximate surface area is 124 Å². The second-order valence-corrected chi connectivity index (χ2v) is 4.54. The van der Waals surface area contributed by atoms with Crippen LogP contribution in [0.4, 0.5) is 10.2 Å². The van der Waals surface area contributed by atoms with Crippen molar-refractivity contribution in [2.24, 2.45) is 0 Å². The largest absolute Gasteiger partial charge is 0.478 e. The number of benzene rings is 1. The van der Waals surface area contributed by atoms with E-state index in [-0.39, 0.29) is 28.4 Å². The smallest absolute Gasteiger partial charge is 0.339 e. The lowest BCUT2D eigenvalue weighted by Gasteiger charge is -2.08. The van der Waals surface area contributed by atoms with E-state index in [4.69, 9.17) is 16.7 Å². The molecule has 1 amide bonds. The van der Waals surface area contributed by atoms with Gasteiger partial charge in [-0.15, -0.1) is 0 Å². The van der Waals surface area contributed by atoms with Gasteiger partial charge in [-0.05, 0) is 24.3 Å². The zero-order chi connectivity index (χ0) is 15.4. The zero-order valence-electron chi connectivity index (χ0n) is 10.6. The highest BCUT2D eigenvalue weighted by molar-refractivity contribution is 6.31. The predicted octanol–water partition coefficient (Wildman–Crippen LogP) is 2.75. The number of carbonyl (C=O) groups excluding carboxylic acids is 1. The van der Waals surface area contributed by atoms with Gasteiger partial charge in [0.1, 0.15) is 17.2 Å². The second-order valence-electron chi connectivity index (χ2n) is 4.13. The van der Waals surface area contributed by atoms with Gasteiger partial charge in [0.25, 0.3) is 0 Å². The second kappa shape index (κ2) is 6.32. The summed E-state index contributed by atoms with van der Waals surface area (Å²) in [4.78, 5) is 26.7. The normalized spacial score (nSPS) is 10.2. The van der Waals surface area contributed by atoms with Crippen LogP contribution in [0.2, 0.25) is 5.02 Å². The van der Waals surface area contributed by atoms with Crippen molar-refractivity contribution in [3.05, 3.63) is 58.5 Å². The van der Waals surface area contributed by atoms with E-state index in [1.165, 1.54) is 36.5 Å². The van der Waals surface area contributed by atoms with Gasteiger partial charge in [0.05, 0.1) is 6.42 Å². The van der Waals surface area contributed by atoms with Gasteiger partial charge < -0.3 is 10.4 Å². The summed E-state index contributed by atoms with van der Waals surface area (Å²) in [5.41, 5.74) is -0.102. The van der Waals surface area contributed by atoms with E-state index in [1.807, 2.05) is 0 Å². The average molecular weight is 309 g/mol. The minimum absolute atomic E-state index is 0.0458. The Bertz CT molecular complexity index is 686. The van der Waals surface area contributed by atoms with Gasteiger partial charge in [-0.3, -0.25) is 4.79 Å². The number of rotatable bonds is 4. The molecule has 0 atom stereocenters. The Hall–Kier alpha value is -2.47. The maximum absolute atomic E-state index is 13.6. The minimum Gasteiger partial charge on any atom is -0.478 e. The van der Waals surface area contributed by atoms with Crippen LogP contribution in [-0.2, 0) is 11.2 Å². The van der Waals surface area contributed by atoms with Crippen LogP contribution in [-0.4, -0.2) is 22.0 Å². The molecule has 1 aromatic carbocycles. The van der Waals surface area contributed by atoms with Gasteiger partial charge in [0.2, 0.25) is 5.91 Å². The number of hydrogen-bond donors (Lipinski definition) is 2. The number of aromatic carboxylic acids is 1. The van der Waals surface area contributed by atoms with E-state index in [0.717, 1.165) is 0 Å². The predicted molar refractivity (Wildman–Crippen MR) is 74.9 cm³/mol. The van der Waals surface area contributed by atoms with Crippen LogP contribution in [0.3, 0.4) is 0 Å². The average Bonchev–Trinajstić information content (AvgIpc) is 2.43. The quantitative estimate of drug-likeness (QED) is 0.910. The summed E-state index contributed by atoms with van der Waals surface area (Å²) in [6, 6.07) is 6.84. The topological polar surface area (TPSA) is 79.3 Å². The van der Waals surface area contributed by atoms with Gasteiger partial charge in [-0.1, -0.05) is 17.7 Å². The summed E-state index contributed by atoms with van der Waals surface area (Å²) in [6.45, 7) is 0. The first-order valence-corrected chi connectivity index (χ1v) is 6.28. The van der Waals surface area contributed by atoms with E-state index >= 15 is 0 Å². The van der Waals surface area contributed by atoms with Crippen LogP contribution in [0.1, 0.15) is 15.9 Å². The monoisotopic (exact) mass is 308 g/mol. The fourth-order valence-electron chi connectivity index (χ4n) is 1.72. The molecule has 0 fully saturated rings. The van der Waals surface area contributed by atoms with Crippen molar-refractivity contribution >= 4 is 29.3 Å². The van der Waals surface area contributed by atoms with E-state index in [2.05, 4.69) is 10.3 Å². The zero-order valence-corrected chi connectivity index (χ0v) is 11.4. The lowest BCUT2D eigenvalue weighted by Crippen LogP contribution is -2.18. The lowest BCUT2D eigenvalue weighted by molar-refractivity contribution is -0.115. The molecule has 0 radical (unpaired) electrons. The molecule has 1 aromatic heterocycles. The fraction of sp³-hybridized carbons (Fsp3) is 0.0714. The molecule has 1 heterocycles. The molecule has 0 unspecified atom stereocenters. The number of anilines is 1. The van der Waals surface area contributed by atoms with Crippen molar-refractivity contribution in [3.8, 4) is 0 Å². The number of carboxylic acids is 1. The first-order chi connectivity index (χ1) is 9.99. The number of carbonyl (C=O) groups is 2. The summed E-state index contributed by atoms with van der Waals surface area (Å²) in [5.74, 6) is -2.52. The molecular formula is C14H10ClFN2O3. The molecule has 108 valence electrons. The third kappa shape index (κ3) is 3.55. The Morgan fingerprint density at radius 1 is 1.29 bits per heavy atom. The maximum Gasteiger partial charge on any atom is 0.339 e. The van der Waals surface area contributed by atoms with Crippen molar-refractivity contribution in [1.29, 1.82) is 0 Å². The van der Waals surface area contributed by atoms with Crippen molar-refractivity contribution in [2.45, 2.75) is 6.42 Å². The first-order valence-electron chi connectivity index (χ1n) is 5.90. The van der Waals surface area contributed by atoms with Gasteiger partial charge in [0.15, 0.2) is 0 Å². The highest BCUT2D eigenvalue weighted by Crippen LogP contribution is 2.20. The minimum atomic E-state index is -1.22. The number of pyridine rings is 1. The van der Waals surface area contributed by atoms with Crippen LogP contribution in [0.25, 0.3) is 0 Å². The molecule has 0 aliphatic rings. The number of nitrogens with one attached hydrogen (secondary N) is 1. The third-order valence-electron chi connectivity index (χ3n) is 2.69. The van der Waals surface area contributed by atoms with E-state index < -0.39 is 17.7 Å². The van der Waals surface area contributed by atoms with Crippen molar-refractivity contribution in [2.75, 3.05) is 5.32 Å². The van der Waals surface area contributed by atoms with Gasteiger partial charge in [0, 0.05) is 16.8 Å². The summed E-state index contributed by atoms with van der Waals surface area (Å²) < 4.78 is 13.6. The molecule has 0 spiro atoms. The van der Waals surface area contributed by atoms with E-state index in [0.29, 0.717) is 0 Å². The van der Waals surface area contributed by atoms with Crippen LogP contribution in [0, 0.1) is 5.82 Å². The lowest BCUT2D eigenvalue weighted by atomic mass is 10.1. The summed E-state index contributed by atoms with van der Waals surface area (Å²) in [6.07, 6.45) is 1.03. The molecule has 0 aliphatic carbocycles. The SMILES string of the molecule is O=C(Cc1c(F)cccc1Cl)Nc1ncccc1C(=O)O. The molecule has 2 rings (SSSR count). The van der Waals surface area contributed by atoms with Gasteiger partial charge in [-0.2, -0.15) is 0 Å². The molecule has 2 N–H and O–H groups in total. The van der Waals surface area contributed by atoms with Gasteiger partial charge >= 0.3 is 5.97 Å². The Morgan fingerprint density at radius 3 is 2.71 bits per heavy atom. The number of amides is 1. The first kappa shape index (κ1) is 14.9. The molecule has 2 aromatic rings. The molecule has 0 bridgehead atoms. The molecule has 0 aliphatic heterocycles. The highest BCUT2D eigenvalue weighted by atomic mass is 35.5. The summed E-state index contributed by atoms with van der Waals surface area (Å²) in [5, 5.41) is 11.5. The van der Waals surface area contributed by atoms with Crippen LogP contribution < -0.4 is 5.32 Å². The van der Waals surface area contributed by atoms with E-state index in [1.54, 1.807) is 0 Å². The molecule has 21 heavy (non-hydrogen) atoms. The van der Waals surface area contributed by atoms with Crippen LogP contribution in [0.15, 0.2) is 36.5 Å². The number of aromatic nitrogens is 1. The molecule has 5 nitrogen and oxygen atoms in total. The van der Waals surface area contributed by atoms with E-state index in [9.17, 15) is 14.0 Å².